The number of amides is 1. The quantitative estimate of drug-likeness (QED) is 0.0928. The van der Waals surface area contributed by atoms with Crippen LogP contribution in [0.15, 0.2) is 0 Å². The second kappa shape index (κ2) is 14.9. The van der Waals surface area contributed by atoms with Gasteiger partial charge in [-0.3, -0.25) is 4.79 Å². The van der Waals surface area contributed by atoms with Crippen LogP contribution in [0, 0.1) is 5.92 Å². The van der Waals surface area contributed by atoms with Gasteiger partial charge in [-0.2, -0.15) is 0 Å². The molecule has 19 heteroatoms. The number of nitrogens with two attached hydrogens (primary N) is 4. The first-order chi connectivity index (χ1) is 21.2. The lowest BCUT2D eigenvalue weighted by Crippen LogP contribution is -2.71. The van der Waals surface area contributed by atoms with Crippen molar-refractivity contribution in [1.82, 2.24) is 10.6 Å². The van der Waals surface area contributed by atoms with Crippen LogP contribution < -0.4 is 33.6 Å². The van der Waals surface area contributed by atoms with Gasteiger partial charge in [0.15, 0.2) is 11.9 Å². The summed E-state index contributed by atoms with van der Waals surface area (Å²) in [6.45, 7) is -0.401. The minimum Gasteiger partial charge on any atom is -0.394 e. The number of nitrogens with one attached hydrogen (secondary N) is 2. The molecule has 4 unspecified atom stereocenters. The van der Waals surface area contributed by atoms with Crippen LogP contribution in [0.2, 0.25) is 0 Å². The third-order valence-electron chi connectivity index (χ3n) is 9.42. The molecule has 0 aromatic rings. The van der Waals surface area contributed by atoms with E-state index < -0.39 is 122 Å². The van der Waals surface area contributed by atoms with Crippen molar-refractivity contribution in [3.63, 3.8) is 0 Å². The van der Waals surface area contributed by atoms with E-state index in [0.717, 1.165) is 0 Å². The zero-order valence-corrected chi connectivity index (χ0v) is 24.7. The molecule has 262 valence electrons. The number of hydrogen-bond donors (Lipinski definition) is 15. The molecule has 2 aliphatic heterocycles. The van der Waals surface area contributed by atoms with Crippen LogP contribution >= 0.6 is 0 Å². The third kappa shape index (κ3) is 7.60. The second-order valence-corrected chi connectivity index (χ2v) is 12.7. The lowest BCUT2D eigenvalue weighted by molar-refractivity contribution is -0.310. The van der Waals surface area contributed by atoms with E-state index in [1.807, 2.05) is 0 Å². The van der Waals surface area contributed by atoms with Crippen molar-refractivity contribution in [2.75, 3.05) is 26.2 Å². The SMILES string of the molecule is NCCC(O)CNC[C@H]1O[C@H](C2[C@@H](N)C[C@@H](NC(=O)C3(O)CC3N)[C@H](O[C@H]3O[C@H](CO)[C@@H](O)[C@H](N)[C@H]3O)[C@H]2O)[C@H](O)[C@@H](O)[C@@H]1O. The molecule has 4 aliphatic rings. The van der Waals surface area contributed by atoms with E-state index in [1.54, 1.807) is 0 Å². The van der Waals surface area contributed by atoms with Crippen LogP contribution in [0.25, 0.3) is 0 Å². The van der Waals surface area contributed by atoms with Crippen molar-refractivity contribution in [1.29, 1.82) is 0 Å². The summed E-state index contributed by atoms with van der Waals surface area (Å²) in [5, 5.41) is 101. The Balaban J connectivity index is 1.57. The van der Waals surface area contributed by atoms with E-state index in [1.165, 1.54) is 0 Å². The van der Waals surface area contributed by atoms with Gasteiger partial charge in [0.05, 0.1) is 43.1 Å². The molecule has 18 atom stereocenters. The van der Waals surface area contributed by atoms with Gasteiger partial charge in [-0.15, -0.1) is 0 Å². The molecule has 0 spiro atoms. The predicted octanol–water partition coefficient (Wildman–Crippen LogP) is -9.06. The predicted molar refractivity (Wildman–Crippen MR) is 151 cm³/mol. The smallest absolute Gasteiger partial charge is 0.253 e. The van der Waals surface area contributed by atoms with E-state index in [0.29, 0.717) is 6.42 Å². The van der Waals surface area contributed by atoms with Crippen molar-refractivity contribution in [2.24, 2.45) is 28.9 Å². The molecule has 0 aromatic carbocycles. The number of aliphatic hydroxyl groups excluding tert-OH is 8. The van der Waals surface area contributed by atoms with Gasteiger partial charge in [0, 0.05) is 37.5 Å². The van der Waals surface area contributed by atoms with Crippen LogP contribution in [0.5, 0.6) is 0 Å². The van der Waals surface area contributed by atoms with Crippen LogP contribution in [-0.4, -0.2) is 181 Å². The molecule has 2 saturated heterocycles. The number of carbonyl (C=O) groups is 1. The molecule has 2 aliphatic carbocycles. The average molecular weight is 655 g/mol. The minimum absolute atomic E-state index is 0.00925. The summed E-state index contributed by atoms with van der Waals surface area (Å²) in [6.07, 6.45) is -17.3. The summed E-state index contributed by atoms with van der Waals surface area (Å²) in [4.78, 5) is 12.9. The van der Waals surface area contributed by atoms with Crippen molar-refractivity contribution in [3.8, 4) is 0 Å². The first kappa shape index (κ1) is 36.6. The zero-order valence-electron chi connectivity index (χ0n) is 24.7. The highest BCUT2D eigenvalue weighted by molar-refractivity contribution is 5.89. The lowest BCUT2D eigenvalue weighted by atomic mass is 9.72. The molecule has 0 aromatic heterocycles. The van der Waals surface area contributed by atoms with E-state index >= 15 is 0 Å². The molecule has 4 fully saturated rings. The Bertz CT molecular complexity index is 990. The molecule has 19 nitrogen and oxygen atoms in total. The minimum atomic E-state index is -1.85. The molecular weight excluding hydrogens is 604 g/mol. The first-order valence-electron chi connectivity index (χ1n) is 15.2. The summed E-state index contributed by atoms with van der Waals surface area (Å²) >= 11 is 0. The molecule has 2 saturated carbocycles. The molecule has 0 radical (unpaired) electrons. The first-order valence-corrected chi connectivity index (χ1v) is 15.2. The largest absolute Gasteiger partial charge is 0.394 e. The van der Waals surface area contributed by atoms with Crippen LogP contribution in [0.3, 0.4) is 0 Å². The molecule has 2 heterocycles. The fraction of sp³-hybridized carbons (Fsp3) is 0.962. The van der Waals surface area contributed by atoms with Crippen molar-refractivity contribution in [3.05, 3.63) is 0 Å². The standard InChI is InChI=1S/C26H50N6O13/c27-2-1-8(34)5-31-6-11-17(36)20(39)21(40)23(43-11)14-9(28)3-10(32-25(41)26(42)4-13(26)29)22(18(14)37)45-24-19(38)15(30)16(35)12(7-33)44-24/h8-24,31,33-40,42H,1-7,27-30H2,(H,32,41)/t8?,9-,10+,11+,12+,13?,14?,15-,16+,17+,18-,19+,20-,21+,22-,23+,24+,26?/m0/s1. The Morgan fingerprint density at radius 2 is 1.62 bits per heavy atom. The maximum Gasteiger partial charge on any atom is 0.253 e. The van der Waals surface area contributed by atoms with Crippen LogP contribution in [0.4, 0.5) is 0 Å². The Hall–Kier alpha value is -1.21. The van der Waals surface area contributed by atoms with Gasteiger partial charge in [-0.1, -0.05) is 0 Å². The Labute approximate surface area is 259 Å². The third-order valence-corrected chi connectivity index (χ3v) is 9.42. The van der Waals surface area contributed by atoms with E-state index in [-0.39, 0.29) is 32.5 Å². The Kier molecular flexibility index (Phi) is 12.1. The molecule has 0 bridgehead atoms. The molecular formula is C26H50N6O13. The topological polar surface area (TPSA) is 355 Å². The van der Waals surface area contributed by atoms with Crippen molar-refractivity contribution < 1.29 is 65.0 Å². The van der Waals surface area contributed by atoms with Gasteiger partial charge in [-0.05, 0) is 19.4 Å². The Morgan fingerprint density at radius 3 is 2.22 bits per heavy atom. The van der Waals surface area contributed by atoms with Crippen molar-refractivity contribution in [2.45, 2.75) is 122 Å². The fourth-order valence-electron chi connectivity index (χ4n) is 6.42. The van der Waals surface area contributed by atoms with E-state index in [9.17, 15) is 50.8 Å². The highest BCUT2D eigenvalue weighted by Gasteiger charge is 2.60. The zero-order chi connectivity index (χ0) is 33.4. The fourth-order valence-corrected chi connectivity index (χ4v) is 6.42. The number of rotatable bonds is 12. The highest BCUT2D eigenvalue weighted by atomic mass is 16.7. The van der Waals surface area contributed by atoms with Gasteiger partial charge in [-0.25, -0.2) is 0 Å². The van der Waals surface area contributed by atoms with Gasteiger partial charge in [0.1, 0.15) is 42.7 Å². The van der Waals surface area contributed by atoms with Crippen LogP contribution in [0.1, 0.15) is 19.3 Å². The molecule has 4 rings (SSSR count). The maximum atomic E-state index is 12.9. The lowest BCUT2D eigenvalue weighted by Gasteiger charge is -2.52. The monoisotopic (exact) mass is 654 g/mol. The average Bonchev–Trinajstić information content (AvgIpc) is 3.62. The number of ether oxygens (including phenoxy) is 3. The van der Waals surface area contributed by atoms with Gasteiger partial charge < -0.3 is 93.7 Å². The van der Waals surface area contributed by atoms with E-state index in [2.05, 4.69) is 10.6 Å². The Morgan fingerprint density at radius 1 is 0.956 bits per heavy atom. The van der Waals surface area contributed by atoms with Gasteiger partial charge >= 0.3 is 0 Å². The summed E-state index contributed by atoms with van der Waals surface area (Å²) in [5.41, 5.74) is 21.7. The van der Waals surface area contributed by atoms with Gasteiger partial charge in [0.2, 0.25) is 0 Å². The second-order valence-electron chi connectivity index (χ2n) is 12.7. The van der Waals surface area contributed by atoms with Crippen molar-refractivity contribution >= 4 is 5.91 Å². The highest BCUT2D eigenvalue weighted by Crippen LogP contribution is 2.39. The number of hydrogen-bond acceptors (Lipinski definition) is 18. The number of carbonyl (C=O) groups excluding carboxylic acids is 1. The normalized spacial score (nSPS) is 49.4. The summed E-state index contributed by atoms with van der Waals surface area (Å²) < 4.78 is 17.5. The molecule has 45 heavy (non-hydrogen) atoms. The molecule has 1 amide bonds. The van der Waals surface area contributed by atoms with Gasteiger partial charge in [0.25, 0.3) is 5.91 Å². The summed E-state index contributed by atoms with van der Waals surface area (Å²) in [6, 6.07) is -4.29. The summed E-state index contributed by atoms with van der Waals surface area (Å²) in [5.74, 6) is -2.06. The maximum absolute atomic E-state index is 12.9. The summed E-state index contributed by atoms with van der Waals surface area (Å²) in [7, 11) is 0. The van der Waals surface area contributed by atoms with E-state index in [4.69, 9.17) is 37.1 Å². The molecule has 19 N–H and O–H groups in total. The van der Waals surface area contributed by atoms with Crippen LogP contribution in [-0.2, 0) is 19.0 Å². The number of aliphatic hydroxyl groups is 9.